The van der Waals surface area contributed by atoms with Crippen molar-refractivity contribution in [1.82, 2.24) is 0 Å². The molecule has 0 radical (unpaired) electrons. The van der Waals surface area contributed by atoms with Gasteiger partial charge in [0.2, 0.25) is 0 Å². The minimum absolute atomic E-state index is 0.0720. The van der Waals surface area contributed by atoms with E-state index in [1.165, 1.54) is 13.2 Å². The van der Waals surface area contributed by atoms with E-state index in [0.717, 1.165) is 6.07 Å². The van der Waals surface area contributed by atoms with Gasteiger partial charge in [0.05, 0.1) is 18.4 Å². The minimum Gasteiger partial charge on any atom is -0.497 e. The zero-order chi connectivity index (χ0) is 12.4. The quantitative estimate of drug-likeness (QED) is 0.811. The molecule has 0 spiro atoms. The number of rotatable bonds is 2. The van der Waals surface area contributed by atoms with Gasteiger partial charge in [-0.3, -0.25) is 0 Å². The van der Waals surface area contributed by atoms with Gasteiger partial charge in [-0.15, -0.1) is 0 Å². The molecule has 0 bridgehead atoms. The smallest absolute Gasteiger partial charge is 0.156 e. The highest BCUT2D eigenvalue weighted by molar-refractivity contribution is 5.69. The molecule has 2 nitrogen and oxygen atoms in total. The van der Waals surface area contributed by atoms with Crippen molar-refractivity contribution < 1.29 is 13.5 Å². The predicted molar refractivity (Wildman–Crippen MR) is 62.8 cm³/mol. The van der Waals surface area contributed by atoms with Crippen LogP contribution in [0.15, 0.2) is 36.4 Å². The molecule has 0 saturated heterocycles. The summed E-state index contributed by atoms with van der Waals surface area (Å²) in [4.78, 5) is 0. The van der Waals surface area contributed by atoms with Crippen LogP contribution >= 0.6 is 0 Å². The molecule has 0 amide bonds. The zero-order valence-electron chi connectivity index (χ0n) is 9.21. The Morgan fingerprint density at radius 3 is 2.24 bits per heavy atom. The van der Waals surface area contributed by atoms with E-state index in [-0.39, 0.29) is 11.3 Å². The second kappa shape index (κ2) is 4.41. The number of ether oxygens (including phenoxy) is 1. The molecule has 0 aliphatic carbocycles. The third-order valence-corrected chi connectivity index (χ3v) is 2.50. The lowest BCUT2D eigenvalue weighted by atomic mass is 10.0. The van der Waals surface area contributed by atoms with Crippen molar-refractivity contribution in [3.63, 3.8) is 0 Å². The normalized spacial score (nSPS) is 10.3. The van der Waals surface area contributed by atoms with E-state index in [2.05, 4.69) is 0 Å². The Balaban J connectivity index is 2.55. The maximum atomic E-state index is 13.7. The minimum atomic E-state index is -0.741. The summed E-state index contributed by atoms with van der Waals surface area (Å²) in [5.74, 6) is -0.754. The molecule has 4 heteroatoms. The third-order valence-electron chi connectivity index (χ3n) is 2.50. The van der Waals surface area contributed by atoms with Gasteiger partial charge < -0.3 is 10.5 Å². The average Bonchev–Trinajstić information content (AvgIpc) is 2.35. The Morgan fingerprint density at radius 2 is 1.65 bits per heavy atom. The lowest BCUT2D eigenvalue weighted by Gasteiger charge is -2.08. The predicted octanol–water partition coefficient (Wildman–Crippen LogP) is 3.22. The molecule has 0 atom stereocenters. The fourth-order valence-electron chi connectivity index (χ4n) is 1.59. The number of halogens is 2. The van der Waals surface area contributed by atoms with E-state index in [1.54, 1.807) is 24.3 Å². The van der Waals surface area contributed by atoms with Crippen LogP contribution in [-0.4, -0.2) is 7.11 Å². The average molecular weight is 235 g/mol. The van der Waals surface area contributed by atoms with E-state index in [1.807, 2.05) is 0 Å². The Hall–Kier alpha value is -2.10. The molecule has 2 aromatic rings. The van der Waals surface area contributed by atoms with Crippen molar-refractivity contribution in [2.24, 2.45) is 0 Å². The molecule has 2 rings (SSSR count). The summed E-state index contributed by atoms with van der Waals surface area (Å²) in [6.45, 7) is 0. The van der Waals surface area contributed by atoms with E-state index in [0.29, 0.717) is 11.3 Å². The first kappa shape index (κ1) is 11.4. The van der Waals surface area contributed by atoms with Crippen LogP contribution in [0.5, 0.6) is 5.75 Å². The molecule has 0 aromatic heterocycles. The first-order chi connectivity index (χ1) is 8.13. The molecule has 0 saturated carbocycles. The van der Waals surface area contributed by atoms with Crippen molar-refractivity contribution in [1.29, 1.82) is 0 Å². The number of hydrogen-bond acceptors (Lipinski definition) is 2. The van der Waals surface area contributed by atoms with Gasteiger partial charge in [-0.2, -0.15) is 0 Å². The number of benzene rings is 2. The first-order valence-electron chi connectivity index (χ1n) is 5.01. The lowest BCUT2D eigenvalue weighted by Crippen LogP contribution is -1.96. The second-order valence-electron chi connectivity index (χ2n) is 3.55. The molecule has 0 heterocycles. The number of anilines is 1. The first-order valence-corrected chi connectivity index (χ1v) is 5.01. The van der Waals surface area contributed by atoms with Crippen molar-refractivity contribution in [2.45, 2.75) is 0 Å². The van der Waals surface area contributed by atoms with Crippen LogP contribution in [0.4, 0.5) is 14.5 Å². The molecule has 0 fully saturated rings. The Bertz CT molecular complexity index is 538. The maximum absolute atomic E-state index is 13.7. The Morgan fingerprint density at radius 1 is 1.00 bits per heavy atom. The van der Waals surface area contributed by atoms with Crippen molar-refractivity contribution in [3.05, 3.63) is 48.0 Å². The number of nitrogens with two attached hydrogens (primary N) is 1. The monoisotopic (exact) mass is 235 g/mol. The van der Waals surface area contributed by atoms with Gasteiger partial charge in [0.15, 0.2) is 5.82 Å². The standard InChI is InChI=1S/C13H11F2NO/c1-17-9-4-2-8(3-5-9)12-10(14)6-7-11(16)13(12)15/h2-7H,16H2,1H3. The fraction of sp³-hybridized carbons (Fsp3) is 0.0769. The SMILES string of the molecule is COc1ccc(-c2c(F)ccc(N)c2F)cc1. The molecule has 0 aliphatic rings. The number of methoxy groups -OCH3 is 1. The highest BCUT2D eigenvalue weighted by Crippen LogP contribution is 2.30. The van der Waals surface area contributed by atoms with Gasteiger partial charge in [-0.1, -0.05) is 12.1 Å². The summed E-state index contributed by atoms with van der Waals surface area (Å²) in [6, 6.07) is 8.80. The van der Waals surface area contributed by atoms with Crippen LogP contribution in [0, 0.1) is 11.6 Å². The molecule has 2 aromatic carbocycles. The van der Waals surface area contributed by atoms with Gasteiger partial charge in [0.1, 0.15) is 11.6 Å². The van der Waals surface area contributed by atoms with Crippen LogP contribution < -0.4 is 10.5 Å². The van der Waals surface area contributed by atoms with E-state index >= 15 is 0 Å². The maximum Gasteiger partial charge on any atom is 0.156 e. The molecule has 0 unspecified atom stereocenters. The zero-order valence-corrected chi connectivity index (χ0v) is 9.21. The van der Waals surface area contributed by atoms with E-state index < -0.39 is 11.6 Å². The van der Waals surface area contributed by atoms with Crippen LogP contribution in [0.1, 0.15) is 0 Å². The summed E-state index contributed by atoms with van der Waals surface area (Å²) in [6.07, 6.45) is 0. The van der Waals surface area contributed by atoms with Crippen molar-refractivity contribution >= 4 is 5.69 Å². The molecule has 88 valence electrons. The lowest BCUT2D eigenvalue weighted by molar-refractivity contribution is 0.415. The summed E-state index contributed by atoms with van der Waals surface area (Å²) >= 11 is 0. The van der Waals surface area contributed by atoms with Gasteiger partial charge in [-0.25, -0.2) is 8.78 Å². The Kier molecular flexibility index (Phi) is 2.95. The van der Waals surface area contributed by atoms with E-state index in [4.69, 9.17) is 10.5 Å². The van der Waals surface area contributed by atoms with Crippen LogP contribution in [0.3, 0.4) is 0 Å². The summed E-state index contributed by atoms with van der Waals surface area (Å²) < 4.78 is 32.3. The van der Waals surface area contributed by atoms with Gasteiger partial charge in [0, 0.05) is 0 Å². The van der Waals surface area contributed by atoms with Crippen LogP contribution in [0.25, 0.3) is 11.1 Å². The third kappa shape index (κ3) is 2.06. The van der Waals surface area contributed by atoms with Crippen molar-refractivity contribution in [3.8, 4) is 16.9 Å². The highest BCUT2D eigenvalue weighted by Gasteiger charge is 2.13. The second-order valence-corrected chi connectivity index (χ2v) is 3.55. The summed E-state index contributed by atoms with van der Waals surface area (Å²) in [5, 5.41) is 0. The van der Waals surface area contributed by atoms with Crippen LogP contribution in [-0.2, 0) is 0 Å². The number of hydrogen-bond donors (Lipinski definition) is 1. The molecular weight excluding hydrogens is 224 g/mol. The van der Waals surface area contributed by atoms with Crippen LogP contribution in [0.2, 0.25) is 0 Å². The summed E-state index contributed by atoms with van der Waals surface area (Å²) in [5.41, 5.74) is 5.65. The summed E-state index contributed by atoms with van der Waals surface area (Å²) in [7, 11) is 1.52. The molecular formula is C13H11F2NO. The van der Waals surface area contributed by atoms with Gasteiger partial charge in [0.25, 0.3) is 0 Å². The Labute approximate surface area is 97.6 Å². The molecule has 17 heavy (non-hydrogen) atoms. The van der Waals surface area contributed by atoms with Crippen molar-refractivity contribution in [2.75, 3.05) is 12.8 Å². The topological polar surface area (TPSA) is 35.2 Å². The molecule has 2 N–H and O–H groups in total. The van der Waals surface area contributed by atoms with Gasteiger partial charge in [-0.05, 0) is 29.8 Å². The fourth-order valence-corrected chi connectivity index (χ4v) is 1.59. The van der Waals surface area contributed by atoms with E-state index in [9.17, 15) is 8.78 Å². The number of nitrogen functional groups attached to an aromatic ring is 1. The highest BCUT2D eigenvalue weighted by atomic mass is 19.1. The largest absolute Gasteiger partial charge is 0.497 e. The molecule has 0 aliphatic heterocycles. The van der Waals surface area contributed by atoms with Gasteiger partial charge >= 0.3 is 0 Å².